The lowest BCUT2D eigenvalue weighted by Gasteiger charge is -2.27. The number of benzene rings is 1. The molecule has 0 aliphatic heterocycles. The number of carbonyl (C=O) groups is 1. The van der Waals surface area contributed by atoms with Crippen molar-refractivity contribution >= 4 is 27.5 Å². The van der Waals surface area contributed by atoms with Crippen LogP contribution < -0.4 is 11.1 Å². The van der Waals surface area contributed by atoms with Gasteiger partial charge in [0.15, 0.2) is 0 Å². The molecular formula is C14H16BrF3N2O. The largest absolute Gasteiger partial charge is 0.417 e. The zero-order valence-electron chi connectivity index (χ0n) is 11.2. The molecule has 1 amide bonds. The fraction of sp³-hybridized carbons (Fsp3) is 0.500. The molecule has 116 valence electrons. The first-order chi connectivity index (χ1) is 9.79. The van der Waals surface area contributed by atoms with E-state index in [-0.39, 0.29) is 28.0 Å². The van der Waals surface area contributed by atoms with Crippen molar-refractivity contribution in [3.63, 3.8) is 0 Å². The lowest BCUT2D eigenvalue weighted by Crippen LogP contribution is -2.40. The highest BCUT2D eigenvalue weighted by molar-refractivity contribution is 9.10. The van der Waals surface area contributed by atoms with E-state index < -0.39 is 11.7 Å². The summed E-state index contributed by atoms with van der Waals surface area (Å²) in [5, 5.41) is 2.54. The van der Waals surface area contributed by atoms with E-state index in [0.29, 0.717) is 6.42 Å². The van der Waals surface area contributed by atoms with Crippen LogP contribution in [-0.2, 0) is 11.0 Å². The molecule has 0 saturated heterocycles. The predicted molar refractivity (Wildman–Crippen MR) is 77.7 cm³/mol. The molecule has 1 aromatic carbocycles. The van der Waals surface area contributed by atoms with Gasteiger partial charge in [0.2, 0.25) is 5.91 Å². The zero-order chi connectivity index (χ0) is 15.6. The second-order valence-electron chi connectivity index (χ2n) is 5.24. The van der Waals surface area contributed by atoms with Crippen molar-refractivity contribution in [1.82, 2.24) is 0 Å². The molecule has 3 nitrogen and oxygen atoms in total. The first kappa shape index (κ1) is 16.3. The fourth-order valence-electron chi connectivity index (χ4n) is 2.54. The maximum Gasteiger partial charge on any atom is 0.417 e. The Labute approximate surface area is 129 Å². The van der Waals surface area contributed by atoms with Crippen molar-refractivity contribution in [3.8, 4) is 0 Å². The first-order valence-electron chi connectivity index (χ1n) is 6.72. The molecule has 21 heavy (non-hydrogen) atoms. The van der Waals surface area contributed by atoms with Crippen LogP contribution in [0.2, 0.25) is 0 Å². The summed E-state index contributed by atoms with van der Waals surface area (Å²) in [4.78, 5) is 12.1. The Hall–Kier alpha value is -1.08. The van der Waals surface area contributed by atoms with Crippen molar-refractivity contribution in [2.75, 3.05) is 5.32 Å². The molecular weight excluding hydrogens is 349 g/mol. The summed E-state index contributed by atoms with van der Waals surface area (Å²) in [6, 6.07) is 3.41. The molecule has 1 saturated carbocycles. The molecule has 1 fully saturated rings. The quantitative estimate of drug-likeness (QED) is 0.835. The van der Waals surface area contributed by atoms with Crippen molar-refractivity contribution in [2.45, 2.75) is 37.9 Å². The monoisotopic (exact) mass is 364 g/mol. The summed E-state index contributed by atoms with van der Waals surface area (Å²) in [6.45, 7) is 0. The van der Waals surface area contributed by atoms with Crippen LogP contribution in [0.3, 0.4) is 0 Å². The third-order valence-electron chi connectivity index (χ3n) is 3.70. The van der Waals surface area contributed by atoms with E-state index >= 15 is 0 Å². The number of rotatable bonds is 2. The molecule has 0 spiro atoms. The van der Waals surface area contributed by atoms with Gasteiger partial charge in [0.1, 0.15) is 0 Å². The maximum absolute atomic E-state index is 12.8. The number of halogens is 4. The SMILES string of the molecule is NC1CCCCC1C(=O)Nc1ccc(Br)c(C(F)(F)F)c1. The molecule has 1 aliphatic carbocycles. The Morgan fingerprint density at radius 3 is 2.57 bits per heavy atom. The van der Waals surface area contributed by atoms with Gasteiger partial charge >= 0.3 is 6.18 Å². The van der Waals surface area contributed by atoms with E-state index in [1.807, 2.05) is 0 Å². The number of alkyl halides is 3. The number of nitrogens with two attached hydrogens (primary N) is 1. The summed E-state index contributed by atoms with van der Waals surface area (Å²) in [6.07, 6.45) is -1.12. The van der Waals surface area contributed by atoms with E-state index in [1.54, 1.807) is 0 Å². The van der Waals surface area contributed by atoms with Gasteiger partial charge in [-0.05, 0) is 31.0 Å². The van der Waals surface area contributed by atoms with Crippen LogP contribution in [-0.4, -0.2) is 11.9 Å². The second kappa shape index (κ2) is 6.36. The third kappa shape index (κ3) is 3.97. The van der Waals surface area contributed by atoms with Crippen LogP contribution in [0.5, 0.6) is 0 Å². The van der Waals surface area contributed by atoms with E-state index in [2.05, 4.69) is 21.2 Å². The summed E-state index contributed by atoms with van der Waals surface area (Å²) in [5.74, 6) is -0.644. The van der Waals surface area contributed by atoms with Crippen molar-refractivity contribution < 1.29 is 18.0 Å². The summed E-state index contributed by atoms with van der Waals surface area (Å²) >= 11 is 2.87. The summed E-state index contributed by atoms with van der Waals surface area (Å²) in [5.41, 5.74) is 5.23. The number of amides is 1. The Bertz CT molecular complexity index is 533. The van der Waals surface area contributed by atoms with Crippen LogP contribution in [0, 0.1) is 5.92 Å². The molecule has 0 bridgehead atoms. The fourth-order valence-corrected chi connectivity index (χ4v) is 3.01. The molecule has 1 aromatic rings. The van der Waals surface area contributed by atoms with Gasteiger partial charge in [-0.3, -0.25) is 4.79 Å². The first-order valence-corrected chi connectivity index (χ1v) is 7.51. The number of hydrogen-bond acceptors (Lipinski definition) is 2. The topological polar surface area (TPSA) is 55.1 Å². The minimum absolute atomic E-state index is 0.0534. The van der Waals surface area contributed by atoms with Crippen molar-refractivity contribution in [3.05, 3.63) is 28.2 Å². The average Bonchev–Trinajstić information content (AvgIpc) is 2.40. The highest BCUT2D eigenvalue weighted by Crippen LogP contribution is 2.36. The Morgan fingerprint density at radius 1 is 1.29 bits per heavy atom. The van der Waals surface area contributed by atoms with Gasteiger partial charge in [-0.15, -0.1) is 0 Å². The molecule has 2 atom stereocenters. The van der Waals surface area contributed by atoms with Crippen LogP contribution in [0.1, 0.15) is 31.2 Å². The predicted octanol–water partition coefficient (Wildman–Crippen LogP) is 3.92. The van der Waals surface area contributed by atoms with Gasteiger partial charge in [-0.2, -0.15) is 13.2 Å². The van der Waals surface area contributed by atoms with Gasteiger partial charge in [0, 0.05) is 16.2 Å². The lowest BCUT2D eigenvalue weighted by atomic mass is 9.84. The summed E-state index contributed by atoms with van der Waals surface area (Å²) in [7, 11) is 0. The highest BCUT2D eigenvalue weighted by Gasteiger charge is 2.34. The number of hydrogen-bond donors (Lipinski definition) is 2. The summed E-state index contributed by atoms with van der Waals surface area (Å²) < 4.78 is 38.4. The van der Waals surface area contributed by atoms with E-state index in [1.165, 1.54) is 12.1 Å². The Kier molecular flexibility index (Phi) is 4.93. The minimum Gasteiger partial charge on any atom is -0.327 e. The van der Waals surface area contributed by atoms with E-state index in [4.69, 9.17) is 5.73 Å². The maximum atomic E-state index is 12.8. The molecule has 0 radical (unpaired) electrons. The molecule has 7 heteroatoms. The Morgan fingerprint density at radius 2 is 1.95 bits per heavy atom. The van der Waals surface area contributed by atoms with Crippen LogP contribution in [0.25, 0.3) is 0 Å². The average molecular weight is 365 g/mol. The van der Waals surface area contributed by atoms with Crippen LogP contribution in [0.15, 0.2) is 22.7 Å². The van der Waals surface area contributed by atoms with Crippen LogP contribution in [0.4, 0.5) is 18.9 Å². The molecule has 2 rings (SSSR count). The normalized spacial score (nSPS) is 22.9. The number of anilines is 1. The third-order valence-corrected chi connectivity index (χ3v) is 4.39. The molecule has 1 aliphatic rings. The zero-order valence-corrected chi connectivity index (χ0v) is 12.8. The van der Waals surface area contributed by atoms with Crippen molar-refractivity contribution in [1.29, 1.82) is 0 Å². The molecule has 2 unspecified atom stereocenters. The van der Waals surface area contributed by atoms with E-state index in [9.17, 15) is 18.0 Å². The smallest absolute Gasteiger partial charge is 0.327 e. The van der Waals surface area contributed by atoms with E-state index in [0.717, 1.165) is 25.3 Å². The standard InChI is InChI=1S/C14H16BrF3N2O/c15-11-6-5-8(7-10(11)14(16,17)18)20-13(21)9-3-1-2-4-12(9)19/h5-7,9,12H,1-4,19H2,(H,20,21). The number of carbonyl (C=O) groups excluding carboxylic acids is 1. The molecule has 0 heterocycles. The lowest BCUT2D eigenvalue weighted by molar-refractivity contribution is -0.138. The van der Waals surface area contributed by atoms with Gasteiger partial charge < -0.3 is 11.1 Å². The highest BCUT2D eigenvalue weighted by atomic mass is 79.9. The van der Waals surface area contributed by atoms with Gasteiger partial charge in [-0.1, -0.05) is 28.8 Å². The van der Waals surface area contributed by atoms with Gasteiger partial charge in [0.05, 0.1) is 11.5 Å². The van der Waals surface area contributed by atoms with Gasteiger partial charge in [-0.25, -0.2) is 0 Å². The molecule has 0 aromatic heterocycles. The van der Waals surface area contributed by atoms with Gasteiger partial charge in [0.25, 0.3) is 0 Å². The molecule has 3 N–H and O–H groups in total. The van der Waals surface area contributed by atoms with Crippen molar-refractivity contribution in [2.24, 2.45) is 11.7 Å². The minimum atomic E-state index is -4.47. The second-order valence-corrected chi connectivity index (χ2v) is 6.09. The number of nitrogens with one attached hydrogen (secondary N) is 1. The van der Waals surface area contributed by atoms with Crippen LogP contribution >= 0.6 is 15.9 Å². The Balaban J connectivity index is 2.14.